The van der Waals surface area contributed by atoms with Gasteiger partial charge in [0.25, 0.3) is 5.91 Å². The summed E-state index contributed by atoms with van der Waals surface area (Å²) in [7, 11) is 0. The Balaban J connectivity index is 1.28. The van der Waals surface area contributed by atoms with Crippen LogP contribution in [0.25, 0.3) is 5.65 Å². The fraction of sp³-hybridized carbons (Fsp3) is 0.548. The van der Waals surface area contributed by atoms with E-state index in [1.165, 1.54) is 5.56 Å². The Hall–Kier alpha value is -3.36. The minimum absolute atomic E-state index is 0.0333. The van der Waals surface area contributed by atoms with Gasteiger partial charge < -0.3 is 10.6 Å². The van der Waals surface area contributed by atoms with Gasteiger partial charge in [-0.25, -0.2) is 18.3 Å². The molecule has 0 spiro atoms. The lowest BCUT2D eigenvalue weighted by Crippen LogP contribution is -2.37. The summed E-state index contributed by atoms with van der Waals surface area (Å²) >= 11 is 0. The summed E-state index contributed by atoms with van der Waals surface area (Å²) in [6, 6.07) is 9.04. The first-order valence-electron chi connectivity index (χ1n) is 14.7. The topological polar surface area (TPSA) is 88.4 Å². The second-order valence-corrected chi connectivity index (χ2v) is 11.9. The van der Waals surface area contributed by atoms with Crippen molar-refractivity contribution < 1.29 is 18.4 Å². The number of hydrogen-bond acceptors (Lipinski definition) is 4. The molecule has 7 nitrogen and oxygen atoms in total. The number of hydrogen-bond donors (Lipinski definition) is 2. The molecule has 3 aromatic rings. The van der Waals surface area contributed by atoms with E-state index in [-0.39, 0.29) is 36.6 Å². The van der Waals surface area contributed by atoms with Gasteiger partial charge in [0.05, 0.1) is 30.2 Å². The average molecular weight is 550 g/mol. The molecule has 40 heavy (non-hydrogen) atoms. The highest BCUT2D eigenvalue weighted by Crippen LogP contribution is 2.43. The van der Waals surface area contributed by atoms with Crippen LogP contribution in [0.2, 0.25) is 0 Å². The molecule has 3 saturated carbocycles. The molecule has 9 heteroatoms. The summed E-state index contributed by atoms with van der Waals surface area (Å²) in [5, 5.41) is 10.9. The van der Waals surface area contributed by atoms with Gasteiger partial charge in [-0.3, -0.25) is 9.59 Å². The molecule has 2 aromatic heterocycles. The van der Waals surface area contributed by atoms with Crippen molar-refractivity contribution >= 4 is 17.5 Å². The highest BCUT2D eigenvalue weighted by atomic mass is 19.3. The highest BCUT2D eigenvalue weighted by molar-refractivity contribution is 5.94. The number of nitrogens with one attached hydrogen (secondary N) is 2. The molecule has 0 radical (unpaired) electrons. The summed E-state index contributed by atoms with van der Waals surface area (Å²) in [4.78, 5) is 30.7. The second kappa shape index (κ2) is 10.9. The smallest absolute Gasteiger partial charge is 0.251 e. The maximum Gasteiger partial charge on any atom is 0.251 e. The Bertz CT molecular complexity index is 1390. The van der Waals surface area contributed by atoms with Crippen LogP contribution >= 0.6 is 0 Å². The number of benzene rings is 1. The van der Waals surface area contributed by atoms with Crippen molar-refractivity contribution in [1.82, 2.24) is 25.2 Å². The second-order valence-electron chi connectivity index (χ2n) is 11.9. The van der Waals surface area contributed by atoms with Crippen molar-refractivity contribution in [3.63, 3.8) is 0 Å². The van der Waals surface area contributed by atoms with Gasteiger partial charge in [-0.15, -0.1) is 0 Å². The molecule has 0 saturated heterocycles. The van der Waals surface area contributed by atoms with Gasteiger partial charge in [-0.1, -0.05) is 19.1 Å². The summed E-state index contributed by atoms with van der Waals surface area (Å²) in [6.07, 6.45) is 9.45. The van der Waals surface area contributed by atoms with Gasteiger partial charge in [-0.2, -0.15) is 5.10 Å². The minimum atomic E-state index is -2.67. The number of rotatable bonds is 10. The number of carbonyl (C=O) groups is 2. The number of fused-ring (bicyclic) bond motifs is 1. The molecular weight excluding hydrogens is 512 g/mol. The minimum Gasteiger partial charge on any atom is -0.349 e. The molecule has 3 aliphatic carbocycles. The van der Waals surface area contributed by atoms with Crippen LogP contribution < -0.4 is 10.6 Å². The van der Waals surface area contributed by atoms with Crippen molar-refractivity contribution in [1.29, 1.82) is 0 Å². The summed E-state index contributed by atoms with van der Waals surface area (Å²) < 4.78 is 29.8. The molecule has 2 amide bonds. The first-order valence-corrected chi connectivity index (χ1v) is 14.7. The number of amides is 2. The van der Waals surface area contributed by atoms with Gasteiger partial charge in [-0.05, 0) is 92.0 Å². The van der Waals surface area contributed by atoms with Crippen molar-refractivity contribution in [3.05, 3.63) is 65.1 Å². The molecule has 3 aliphatic rings. The first-order chi connectivity index (χ1) is 19.3. The van der Waals surface area contributed by atoms with Crippen molar-refractivity contribution in [2.75, 3.05) is 0 Å². The van der Waals surface area contributed by atoms with Gasteiger partial charge in [0.2, 0.25) is 11.8 Å². The Morgan fingerprint density at radius 2 is 1.77 bits per heavy atom. The van der Waals surface area contributed by atoms with E-state index < -0.39 is 12.0 Å². The lowest BCUT2D eigenvalue weighted by Gasteiger charge is -2.33. The predicted octanol–water partition coefficient (Wildman–Crippen LogP) is 6.27. The van der Waals surface area contributed by atoms with E-state index in [4.69, 9.17) is 4.98 Å². The maximum atomic E-state index is 14.0. The number of aromatic nitrogens is 3. The Labute approximate surface area is 233 Å². The zero-order chi connectivity index (χ0) is 27.9. The van der Waals surface area contributed by atoms with E-state index in [1.807, 2.05) is 25.1 Å². The molecule has 3 fully saturated rings. The predicted molar refractivity (Wildman–Crippen MR) is 147 cm³/mol. The average Bonchev–Trinajstić information content (AvgIpc) is 3.87. The van der Waals surface area contributed by atoms with Gasteiger partial charge in [0, 0.05) is 24.8 Å². The standard InChI is InChI=1S/C31H37F2N5O2/c1-2-4-27(39)36-28(20-9-10-20)24-16-26-35-25(18-38(26)34-17-24)29(21-11-13-31(32,33)14-12-21)37-30(40)23-6-3-5-22(15-23)19-7-8-19/h3,5-6,15-21,28-29H,2,4,7-14H2,1H3,(H,36,39)(H,37,40)/t28-,29+/m1/s1. The summed E-state index contributed by atoms with van der Waals surface area (Å²) in [5.41, 5.74) is 3.88. The quantitative estimate of drug-likeness (QED) is 0.312. The molecular formula is C31H37F2N5O2. The zero-order valence-corrected chi connectivity index (χ0v) is 22.9. The number of alkyl halides is 2. The van der Waals surface area contributed by atoms with E-state index in [2.05, 4.69) is 21.8 Å². The van der Waals surface area contributed by atoms with Gasteiger partial charge >= 0.3 is 0 Å². The van der Waals surface area contributed by atoms with Crippen LogP contribution in [0.5, 0.6) is 0 Å². The van der Waals surface area contributed by atoms with Gasteiger partial charge in [0.15, 0.2) is 5.65 Å². The normalized spacial score (nSPS) is 20.7. The van der Waals surface area contributed by atoms with Crippen LogP contribution in [0.3, 0.4) is 0 Å². The van der Waals surface area contributed by atoms with Gasteiger partial charge in [0.1, 0.15) is 0 Å². The molecule has 0 bridgehead atoms. The summed E-state index contributed by atoms with van der Waals surface area (Å²) in [6.45, 7) is 1.98. The Kier molecular flexibility index (Phi) is 7.31. The van der Waals surface area contributed by atoms with E-state index in [9.17, 15) is 18.4 Å². The molecule has 1 aromatic carbocycles. The number of nitrogens with zero attached hydrogens (tertiary/aromatic N) is 3. The molecule has 2 atom stereocenters. The Morgan fingerprint density at radius 1 is 1.02 bits per heavy atom. The van der Waals surface area contributed by atoms with Crippen LogP contribution in [0.4, 0.5) is 8.78 Å². The van der Waals surface area contributed by atoms with Crippen molar-refractivity contribution in [2.24, 2.45) is 11.8 Å². The van der Waals surface area contributed by atoms with Crippen LogP contribution in [0.15, 0.2) is 42.7 Å². The molecule has 212 valence electrons. The lowest BCUT2D eigenvalue weighted by atomic mass is 9.81. The molecule has 0 aliphatic heterocycles. The lowest BCUT2D eigenvalue weighted by molar-refractivity contribution is -0.122. The fourth-order valence-electron chi connectivity index (χ4n) is 6.01. The largest absolute Gasteiger partial charge is 0.349 e. The number of imidazole rings is 1. The molecule has 2 heterocycles. The van der Waals surface area contributed by atoms with Crippen LogP contribution in [-0.2, 0) is 4.79 Å². The molecule has 0 unspecified atom stereocenters. The van der Waals surface area contributed by atoms with Crippen LogP contribution in [0.1, 0.15) is 116 Å². The van der Waals surface area contributed by atoms with E-state index in [0.29, 0.717) is 48.0 Å². The van der Waals surface area contributed by atoms with Crippen LogP contribution in [-0.4, -0.2) is 32.3 Å². The number of halogens is 2. The number of carbonyl (C=O) groups excluding carboxylic acids is 2. The summed E-state index contributed by atoms with van der Waals surface area (Å²) in [5.74, 6) is -2.10. The van der Waals surface area contributed by atoms with Crippen molar-refractivity contribution in [3.8, 4) is 0 Å². The third-order valence-electron chi connectivity index (χ3n) is 8.64. The van der Waals surface area contributed by atoms with E-state index in [1.54, 1.807) is 23.0 Å². The molecule has 2 N–H and O–H groups in total. The van der Waals surface area contributed by atoms with Crippen LogP contribution in [0, 0.1) is 11.8 Å². The van der Waals surface area contributed by atoms with E-state index in [0.717, 1.165) is 37.7 Å². The highest BCUT2D eigenvalue weighted by Gasteiger charge is 2.40. The third-order valence-corrected chi connectivity index (χ3v) is 8.64. The Morgan fingerprint density at radius 3 is 2.48 bits per heavy atom. The first kappa shape index (κ1) is 26.8. The third kappa shape index (κ3) is 6.03. The molecule has 6 rings (SSSR count). The zero-order valence-electron chi connectivity index (χ0n) is 22.9. The van der Waals surface area contributed by atoms with E-state index >= 15 is 0 Å². The van der Waals surface area contributed by atoms with Crippen molar-refractivity contribution in [2.45, 2.75) is 95.1 Å². The maximum absolute atomic E-state index is 14.0. The fourth-order valence-corrected chi connectivity index (χ4v) is 6.01. The SMILES string of the molecule is CCCC(=O)N[C@@H](c1cnn2cc([C@@H](NC(=O)c3cccc(C4CC4)c3)C3CCC(F)(F)CC3)nc2c1)C1CC1. The monoisotopic (exact) mass is 549 g/mol.